The lowest BCUT2D eigenvalue weighted by Crippen LogP contribution is -2.15. The van der Waals surface area contributed by atoms with Gasteiger partial charge in [0.25, 0.3) is 0 Å². The van der Waals surface area contributed by atoms with E-state index in [4.69, 9.17) is 0 Å². The molecule has 152 valence electrons. The van der Waals surface area contributed by atoms with Crippen LogP contribution in [-0.2, 0) is 17.3 Å². The molecule has 0 aliphatic heterocycles. The van der Waals surface area contributed by atoms with Crippen molar-refractivity contribution in [2.45, 2.75) is 45.2 Å². The highest BCUT2D eigenvalue weighted by Gasteiger charge is 2.16. The maximum Gasteiger partial charge on any atom is 0.234 e. The zero-order valence-corrected chi connectivity index (χ0v) is 18.7. The molecule has 1 aromatic heterocycles. The van der Waals surface area contributed by atoms with E-state index < -0.39 is 0 Å². The number of benzene rings is 2. The summed E-state index contributed by atoms with van der Waals surface area (Å²) < 4.78 is 1.93. The second-order valence-corrected chi connectivity index (χ2v) is 9.22. The van der Waals surface area contributed by atoms with Crippen LogP contribution in [0.25, 0.3) is 11.4 Å². The fourth-order valence-electron chi connectivity index (χ4n) is 3.01. The van der Waals surface area contributed by atoms with Crippen molar-refractivity contribution in [3.8, 4) is 11.4 Å². The minimum atomic E-state index is -0.0530. The van der Waals surface area contributed by atoms with Crippen LogP contribution < -0.4 is 5.32 Å². The molecule has 1 amide bonds. The highest BCUT2D eigenvalue weighted by molar-refractivity contribution is 7.99. The van der Waals surface area contributed by atoms with Gasteiger partial charge in [-0.05, 0) is 42.0 Å². The van der Waals surface area contributed by atoms with Crippen molar-refractivity contribution in [2.75, 3.05) is 11.1 Å². The number of hydrogen-bond donors (Lipinski definition) is 1. The average Bonchev–Trinajstić information content (AvgIpc) is 3.04. The molecule has 0 aliphatic rings. The summed E-state index contributed by atoms with van der Waals surface area (Å²) in [6.07, 6.45) is 0. The van der Waals surface area contributed by atoms with Crippen LogP contribution in [0, 0.1) is 13.8 Å². The third-order valence-corrected chi connectivity index (χ3v) is 6.08. The second-order valence-electron chi connectivity index (χ2n) is 8.28. The van der Waals surface area contributed by atoms with Crippen molar-refractivity contribution in [1.29, 1.82) is 0 Å². The molecule has 0 saturated heterocycles. The van der Waals surface area contributed by atoms with E-state index in [1.807, 2.05) is 43.7 Å². The van der Waals surface area contributed by atoms with Crippen LogP contribution in [0.3, 0.4) is 0 Å². The van der Waals surface area contributed by atoms with E-state index in [-0.39, 0.29) is 17.1 Å². The van der Waals surface area contributed by atoms with E-state index in [9.17, 15) is 4.79 Å². The molecular weight excluding hydrogens is 380 g/mol. The van der Waals surface area contributed by atoms with Gasteiger partial charge in [0, 0.05) is 18.3 Å². The second kappa shape index (κ2) is 8.41. The highest BCUT2D eigenvalue weighted by Crippen LogP contribution is 2.27. The van der Waals surface area contributed by atoms with Gasteiger partial charge in [0.1, 0.15) is 0 Å². The molecule has 0 spiro atoms. The Hall–Kier alpha value is -2.60. The molecule has 0 radical (unpaired) electrons. The van der Waals surface area contributed by atoms with Gasteiger partial charge in [-0.25, -0.2) is 0 Å². The van der Waals surface area contributed by atoms with Gasteiger partial charge in [-0.3, -0.25) is 4.79 Å². The molecule has 3 aromatic rings. The lowest BCUT2D eigenvalue weighted by molar-refractivity contribution is -0.113. The topological polar surface area (TPSA) is 59.8 Å². The number of amides is 1. The summed E-state index contributed by atoms with van der Waals surface area (Å²) in [5.74, 6) is 1.02. The molecule has 0 fully saturated rings. The zero-order chi connectivity index (χ0) is 21.2. The van der Waals surface area contributed by atoms with Crippen molar-refractivity contribution < 1.29 is 4.79 Å². The monoisotopic (exact) mass is 408 g/mol. The number of thioether (sulfide) groups is 1. The standard InChI is InChI=1S/C23H28N4OS/c1-15-8-7-9-19(16(15)2)24-20(28)14-29-22-26-25-21(27(22)6)17-10-12-18(13-11-17)23(3,4)5/h7-13H,14H2,1-6H3,(H,24,28). The van der Waals surface area contributed by atoms with Gasteiger partial charge in [-0.15, -0.1) is 10.2 Å². The number of hydrogen-bond acceptors (Lipinski definition) is 4. The number of rotatable bonds is 5. The van der Waals surface area contributed by atoms with Gasteiger partial charge in [0.2, 0.25) is 5.91 Å². The quantitative estimate of drug-likeness (QED) is 0.595. The molecule has 0 saturated carbocycles. The Kier molecular flexibility index (Phi) is 6.13. The highest BCUT2D eigenvalue weighted by atomic mass is 32.2. The van der Waals surface area contributed by atoms with E-state index in [1.54, 1.807) is 0 Å². The molecule has 0 bridgehead atoms. The van der Waals surface area contributed by atoms with Crippen LogP contribution in [-0.4, -0.2) is 26.4 Å². The average molecular weight is 409 g/mol. The zero-order valence-electron chi connectivity index (χ0n) is 17.9. The molecule has 0 unspecified atom stereocenters. The van der Waals surface area contributed by atoms with Crippen LogP contribution in [0.2, 0.25) is 0 Å². The number of nitrogens with zero attached hydrogens (tertiary/aromatic N) is 3. The van der Waals surface area contributed by atoms with Crippen LogP contribution in [0.4, 0.5) is 5.69 Å². The van der Waals surface area contributed by atoms with Crippen LogP contribution in [0.1, 0.15) is 37.5 Å². The van der Waals surface area contributed by atoms with E-state index in [2.05, 4.69) is 60.6 Å². The van der Waals surface area contributed by atoms with Gasteiger partial charge >= 0.3 is 0 Å². The molecule has 2 aromatic carbocycles. The summed E-state index contributed by atoms with van der Waals surface area (Å²) in [6.45, 7) is 10.6. The number of nitrogens with one attached hydrogen (secondary N) is 1. The number of aryl methyl sites for hydroxylation is 1. The van der Waals surface area contributed by atoms with Crippen molar-refractivity contribution in [3.63, 3.8) is 0 Å². The Morgan fingerprint density at radius 1 is 1.07 bits per heavy atom. The summed E-state index contributed by atoms with van der Waals surface area (Å²) in [6, 6.07) is 14.3. The van der Waals surface area contributed by atoms with Crippen LogP contribution in [0.5, 0.6) is 0 Å². The molecular formula is C23H28N4OS. The number of carbonyl (C=O) groups excluding carboxylic acids is 1. The lowest BCUT2D eigenvalue weighted by atomic mass is 9.87. The van der Waals surface area contributed by atoms with E-state index in [1.165, 1.54) is 17.3 Å². The maximum absolute atomic E-state index is 12.4. The largest absolute Gasteiger partial charge is 0.325 e. The first-order chi connectivity index (χ1) is 13.7. The summed E-state index contributed by atoms with van der Waals surface area (Å²) >= 11 is 1.38. The van der Waals surface area contributed by atoms with Gasteiger partial charge in [0.15, 0.2) is 11.0 Å². The summed E-state index contributed by atoms with van der Waals surface area (Å²) in [7, 11) is 1.93. The Balaban J connectivity index is 1.67. The number of aromatic nitrogens is 3. The van der Waals surface area contributed by atoms with Crippen LogP contribution in [0.15, 0.2) is 47.6 Å². The van der Waals surface area contributed by atoms with E-state index in [0.717, 1.165) is 33.4 Å². The molecule has 6 heteroatoms. The Morgan fingerprint density at radius 2 is 1.76 bits per heavy atom. The fraction of sp³-hybridized carbons (Fsp3) is 0.348. The Morgan fingerprint density at radius 3 is 2.41 bits per heavy atom. The first kappa shape index (κ1) is 21.1. The minimum Gasteiger partial charge on any atom is -0.325 e. The smallest absolute Gasteiger partial charge is 0.234 e. The van der Waals surface area contributed by atoms with E-state index in [0.29, 0.717) is 0 Å². The Bertz CT molecular complexity index is 1020. The summed E-state index contributed by atoms with van der Waals surface area (Å²) in [5, 5.41) is 12.3. The Labute approximate surface area is 176 Å². The van der Waals surface area contributed by atoms with E-state index >= 15 is 0 Å². The van der Waals surface area contributed by atoms with Crippen molar-refractivity contribution in [1.82, 2.24) is 14.8 Å². The summed E-state index contributed by atoms with van der Waals surface area (Å²) in [5.41, 5.74) is 5.51. The maximum atomic E-state index is 12.4. The summed E-state index contributed by atoms with van der Waals surface area (Å²) in [4.78, 5) is 12.4. The van der Waals surface area contributed by atoms with Crippen molar-refractivity contribution >= 4 is 23.4 Å². The predicted octanol–water partition coefficient (Wildman–Crippen LogP) is 5.13. The lowest BCUT2D eigenvalue weighted by Gasteiger charge is -2.19. The number of carbonyl (C=O) groups is 1. The first-order valence-electron chi connectivity index (χ1n) is 9.66. The molecule has 0 aliphatic carbocycles. The van der Waals surface area contributed by atoms with Crippen LogP contribution >= 0.6 is 11.8 Å². The third kappa shape index (κ3) is 4.88. The molecule has 0 atom stereocenters. The number of anilines is 1. The van der Waals surface area contributed by atoms with Gasteiger partial charge in [-0.1, -0.05) is 68.9 Å². The normalized spacial score (nSPS) is 11.5. The third-order valence-electron chi connectivity index (χ3n) is 5.06. The van der Waals surface area contributed by atoms with Crippen molar-refractivity contribution in [3.05, 3.63) is 59.2 Å². The SMILES string of the molecule is Cc1cccc(NC(=O)CSc2nnc(-c3ccc(C(C)(C)C)cc3)n2C)c1C. The first-order valence-corrected chi connectivity index (χ1v) is 10.6. The fourth-order valence-corrected chi connectivity index (χ4v) is 3.73. The molecule has 5 nitrogen and oxygen atoms in total. The van der Waals surface area contributed by atoms with Gasteiger partial charge in [-0.2, -0.15) is 0 Å². The molecule has 1 N–H and O–H groups in total. The minimum absolute atomic E-state index is 0.0530. The van der Waals surface area contributed by atoms with Gasteiger partial charge in [0.05, 0.1) is 5.75 Å². The molecule has 29 heavy (non-hydrogen) atoms. The van der Waals surface area contributed by atoms with Crippen molar-refractivity contribution in [2.24, 2.45) is 7.05 Å². The molecule has 1 heterocycles. The predicted molar refractivity (Wildman–Crippen MR) is 120 cm³/mol. The molecule has 3 rings (SSSR count). The van der Waals surface area contributed by atoms with Gasteiger partial charge < -0.3 is 9.88 Å².